The van der Waals surface area contributed by atoms with Gasteiger partial charge >= 0.3 is 6.18 Å². The first-order valence-electron chi connectivity index (χ1n) is 3.05. The molecular formula is C7H8BrF3. The summed E-state index contributed by atoms with van der Waals surface area (Å²) in [6, 6.07) is 0. The van der Waals surface area contributed by atoms with Crippen LogP contribution in [0.2, 0.25) is 0 Å². The first-order chi connectivity index (χ1) is 4.99. The van der Waals surface area contributed by atoms with Gasteiger partial charge < -0.3 is 0 Å². The van der Waals surface area contributed by atoms with Crippen molar-refractivity contribution in [2.75, 3.05) is 5.33 Å². The molecule has 0 N–H and O–H groups in total. The number of hydrogen-bond donors (Lipinski definition) is 0. The lowest BCUT2D eigenvalue weighted by Gasteiger charge is -2.12. The highest BCUT2D eigenvalue weighted by Gasteiger charge is 2.30. The van der Waals surface area contributed by atoms with Gasteiger partial charge in [0.05, 0.1) is 0 Å². The smallest absolute Gasteiger partial charge is 0.171 e. The number of alkyl halides is 4. The number of rotatable bonds is 3. The molecule has 0 unspecified atom stereocenters. The van der Waals surface area contributed by atoms with E-state index in [0.717, 1.165) is 0 Å². The van der Waals surface area contributed by atoms with Crippen LogP contribution in [0.3, 0.4) is 0 Å². The molecule has 0 fully saturated rings. The van der Waals surface area contributed by atoms with E-state index in [9.17, 15) is 13.2 Å². The van der Waals surface area contributed by atoms with E-state index >= 15 is 0 Å². The third-order valence-corrected chi connectivity index (χ3v) is 2.06. The highest BCUT2D eigenvalue weighted by molar-refractivity contribution is 9.09. The minimum absolute atomic E-state index is 0.171. The highest BCUT2D eigenvalue weighted by Crippen LogP contribution is 2.27. The monoisotopic (exact) mass is 228 g/mol. The molecule has 64 valence electrons. The Morgan fingerprint density at radius 2 is 2.00 bits per heavy atom. The van der Waals surface area contributed by atoms with Gasteiger partial charge in [0, 0.05) is 18.2 Å². The quantitative estimate of drug-likeness (QED) is 0.515. The Labute approximate surface area is 72.3 Å². The van der Waals surface area contributed by atoms with Gasteiger partial charge in [0.15, 0.2) is 0 Å². The van der Waals surface area contributed by atoms with E-state index in [0.29, 0.717) is 5.33 Å². The van der Waals surface area contributed by atoms with Crippen LogP contribution in [0, 0.1) is 18.3 Å². The van der Waals surface area contributed by atoms with Crippen molar-refractivity contribution in [1.82, 2.24) is 0 Å². The molecule has 4 heteroatoms. The lowest BCUT2D eigenvalue weighted by Crippen LogP contribution is -2.15. The summed E-state index contributed by atoms with van der Waals surface area (Å²) in [5.41, 5.74) is 0. The normalized spacial score (nSPS) is 14.1. The van der Waals surface area contributed by atoms with Crippen molar-refractivity contribution in [1.29, 1.82) is 0 Å². The number of hydrogen-bond acceptors (Lipinski definition) is 0. The summed E-state index contributed by atoms with van der Waals surface area (Å²) in [4.78, 5) is 0. The molecule has 1 atom stereocenters. The Balaban J connectivity index is 3.80. The van der Waals surface area contributed by atoms with Crippen molar-refractivity contribution in [2.24, 2.45) is 5.92 Å². The van der Waals surface area contributed by atoms with Crippen LogP contribution in [0.15, 0.2) is 0 Å². The van der Waals surface area contributed by atoms with E-state index in [1.165, 1.54) is 0 Å². The van der Waals surface area contributed by atoms with Gasteiger partial charge in [0.1, 0.15) is 0 Å². The zero-order chi connectivity index (χ0) is 8.91. The second-order valence-corrected chi connectivity index (χ2v) is 2.90. The van der Waals surface area contributed by atoms with E-state index in [-0.39, 0.29) is 6.42 Å². The van der Waals surface area contributed by atoms with Crippen LogP contribution < -0.4 is 0 Å². The third-order valence-electron chi connectivity index (χ3n) is 1.14. The van der Waals surface area contributed by atoms with Crippen molar-refractivity contribution in [2.45, 2.75) is 19.0 Å². The van der Waals surface area contributed by atoms with E-state index in [4.69, 9.17) is 6.42 Å². The molecule has 0 bridgehead atoms. The van der Waals surface area contributed by atoms with Crippen molar-refractivity contribution in [3.8, 4) is 12.3 Å². The third kappa shape index (κ3) is 6.24. The van der Waals surface area contributed by atoms with Gasteiger partial charge in [-0.05, 0) is 5.92 Å². The van der Waals surface area contributed by atoms with Crippen LogP contribution in [-0.2, 0) is 0 Å². The molecule has 0 rings (SSSR count). The van der Waals surface area contributed by atoms with Crippen LogP contribution in [0.25, 0.3) is 0 Å². The summed E-state index contributed by atoms with van der Waals surface area (Å²) in [5.74, 6) is 1.73. The Morgan fingerprint density at radius 3 is 2.27 bits per heavy atom. The minimum atomic E-state index is -4.10. The van der Waals surface area contributed by atoms with Gasteiger partial charge in [-0.3, -0.25) is 0 Å². The van der Waals surface area contributed by atoms with E-state index in [1.807, 2.05) is 0 Å². The van der Waals surface area contributed by atoms with Gasteiger partial charge in [-0.1, -0.05) is 15.9 Å². The molecule has 0 aliphatic heterocycles. The Kier molecular flexibility index (Phi) is 4.58. The van der Waals surface area contributed by atoms with Crippen molar-refractivity contribution in [3.05, 3.63) is 0 Å². The summed E-state index contributed by atoms with van der Waals surface area (Å²) < 4.78 is 35.2. The lowest BCUT2D eigenvalue weighted by molar-refractivity contribution is -0.142. The first-order valence-corrected chi connectivity index (χ1v) is 4.18. The number of halogens is 4. The van der Waals surface area contributed by atoms with E-state index in [1.54, 1.807) is 0 Å². The zero-order valence-corrected chi connectivity index (χ0v) is 7.37. The standard InChI is InChI=1S/C7H8BrF3/c1-2-3-6(5-8)4-7(9,10)11/h1,6H,3-5H2/t6-/m1/s1. The summed E-state index contributed by atoms with van der Waals surface area (Å²) in [5, 5.41) is 0.302. The first kappa shape index (κ1) is 10.8. The fourth-order valence-corrected chi connectivity index (χ4v) is 1.13. The number of terminal acetylenes is 1. The van der Waals surface area contributed by atoms with Crippen LogP contribution in [0.1, 0.15) is 12.8 Å². The Morgan fingerprint density at radius 1 is 1.45 bits per heavy atom. The Bertz CT molecular complexity index is 145. The fourth-order valence-electron chi connectivity index (χ4n) is 0.675. The molecule has 0 amide bonds. The topological polar surface area (TPSA) is 0 Å². The molecule has 0 heterocycles. The summed E-state index contributed by atoms with van der Waals surface area (Å²) in [6.07, 6.45) is 0.152. The zero-order valence-electron chi connectivity index (χ0n) is 5.79. The van der Waals surface area contributed by atoms with Crippen LogP contribution in [0.5, 0.6) is 0 Å². The van der Waals surface area contributed by atoms with Crippen molar-refractivity contribution >= 4 is 15.9 Å². The summed E-state index contributed by atoms with van der Waals surface area (Å²) in [6.45, 7) is 0. The van der Waals surface area contributed by atoms with Gasteiger partial charge in [0.25, 0.3) is 0 Å². The molecule has 0 saturated carbocycles. The second kappa shape index (κ2) is 4.66. The average Bonchev–Trinajstić information content (AvgIpc) is 1.84. The fraction of sp³-hybridized carbons (Fsp3) is 0.714. The molecule has 0 aliphatic rings. The molecule has 0 aliphatic carbocycles. The molecule has 0 spiro atoms. The molecule has 0 aromatic carbocycles. The molecule has 11 heavy (non-hydrogen) atoms. The summed E-state index contributed by atoms with van der Waals surface area (Å²) >= 11 is 2.97. The maximum absolute atomic E-state index is 11.7. The molecule has 0 aromatic rings. The minimum Gasteiger partial charge on any atom is -0.171 e. The van der Waals surface area contributed by atoms with E-state index in [2.05, 4.69) is 21.9 Å². The second-order valence-electron chi connectivity index (χ2n) is 2.25. The predicted octanol–water partition coefficient (Wildman–Crippen LogP) is 2.97. The van der Waals surface area contributed by atoms with Crippen LogP contribution in [-0.4, -0.2) is 11.5 Å². The SMILES string of the molecule is C#CC[C@@H](CBr)CC(F)(F)F. The molecule has 0 radical (unpaired) electrons. The van der Waals surface area contributed by atoms with Crippen LogP contribution in [0.4, 0.5) is 13.2 Å². The van der Waals surface area contributed by atoms with Gasteiger partial charge in [-0.25, -0.2) is 0 Å². The van der Waals surface area contributed by atoms with E-state index < -0.39 is 18.5 Å². The maximum Gasteiger partial charge on any atom is 0.389 e. The molecule has 0 nitrogen and oxygen atoms in total. The Hall–Kier alpha value is -0.170. The maximum atomic E-state index is 11.7. The molecule has 0 saturated heterocycles. The summed E-state index contributed by atoms with van der Waals surface area (Å²) in [7, 11) is 0. The molecule has 0 aromatic heterocycles. The average molecular weight is 229 g/mol. The van der Waals surface area contributed by atoms with Gasteiger partial charge in [-0.2, -0.15) is 13.2 Å². The lowest BCUT2D eigenvalue weighted by atomic mass is 10.0. The van der Waals surface area contributed by atoms with Gasteiger partial charge in [-0.15, -0.1) is 12.3 Å². The van der Waals surface area contributed by atoms with Crippen molar-refractivity contribution in [3.63, 3.8) is 0 Å². The van der Waals surface area contributed by atoms with Crippen molar-refractivity contribution < 1.29 is 13.2 Å². The van der Waals surface area contributed by atoms with Gasteiger partial charge in [0.2, 0.25) is 0 Å². The van der Waals surface area contributed by atoms with Crippen LogP contribution >= 0.6 is 15.9 Å². The molecular weight excluding hydrogens is 221 g/mol. The predicted molar refractivity (Wildman–Crippen MR) is 41.4 cm³/mol. The largest absolute Gasteiger partial charge is 0.389 e. The highest BCUT2D eigenvalue weighted by atomic mass is 79.9.